The Hall–Kier alpha value is -3.10. The zero-order chi connectivity index (χ0) is 21.8. The van der Waals surface area contributed by atoms with Crippen molar-refractivity contribution in [1.29, 1.82) is 0 Å². The largest absolute Gasteiger partial charge is 0.350 e. The number of benzene rings is 2. The van der Waals surface area contributed by atoms with E-state index < -0.39 is 0 Å². The lowest BCUT2D eigenvalue weighted by Gasteiger charge is -2.09. The van der Waals surface area contributed by atoms with Crippen LogP contribution >= 0.6 is 27.3 Å². The van der Waals surface area contributed by atoms with Crippen molar-refractivity contribution in [3.63, 3.8) is 0 Å². The summed E-state index contributed by atoms with van der Waals surface area (Å²) in [6.07, 6.45) is 0. The second-order valence-corrected chi connectivity index (χ2v) is 8.67. The fraction of sp³-hybridized carbons (Fsp3) is 0.130. The quantitative estimate of drug-likeness (QED) is 0.426. The van der Waals surface area contributed by atoms with Gasteiger partial charge in [0.15, 0.2) is 0 Å². The first-order valence-electron chi connectivity index (χ1n) is 9.67. The fourth-order valence-corrected chi connectivity index (χ4v) is 4.59. The summed E-state index contributed by atoms with van der Waals surface area (Å²) in [6, 6.07) is 20.4. The molecule has 0 spiro atoms. The van der Waals surface area contributed by atoms with Crippen LogP contribution < -0.4 is 10.9 Å². The molecule has 0 aliphatic heterocycles. The molecule has 8 heteroatoms. The molecule has 31 heavy (non-hydrogen) atoms. The van der Waals surface area contributed by atoms with Gasteiger partial charge in [0.05, 0.1) is 22.7 Å². The molecule has 2 heterocycles. The van der Waals surface area contributed by atoms with Crippen molar-refractivity contribution in [1.82, 2.24) is 20.1 Å². The Labute approximate surface area is 191 Å². The first kappa shape index (κ1) is 21.1. The number of amides is 1. The minimum absolute atomic E-state index is 0.206. The monoisotopic (exact) mass is 494 g/mol. The topological polar surface area (TPSA) is 76.9 Å². The van der Waals surface area contributed by atoms with E-state index >= 15 is 0 Å². The van der Waals surface area contributed by atoms with Crippen molar-refractivity contribution in [2.45, 2.75) is 13.5 Å². The van der Waals surface area contributed by atoms with E-state index in [0.717, 1.165) is 25.6 Å². The van der Waals surface area contributed by atoms with Gasteiger partial charge in [-0.3, -0.25) is 9.59 Å². The van der Waals surface area contributed by atoms with E-state index in [1.54, 1.807) is 29.5 Å². The highest BCUT2D eigenvalue weighted by molar-refractivity contribution is 9.10. The average molecular weight is 495 g/mol. The van der Waals surface area contributed by atoms with Crippen LogP contribution in [-0.2, 0) is 6.54 Å². The normalized spacial score (nSPS) is 10.8. The van der Waals surface area contributed by atoms with Crippen molar-refractivity contribution in [3.05, 3.63) is 92.8 Å². The number of nitrogens with zero attached hydrogens (tertiary/aromatic N) is 3. The number of aryl methyl sites for hydroxylation is 1. The van der Waals surface area contributed by atoms with Gasteiger partial charge in [0.1, 0.15) is 10.7 Å². The van der Waals surface area contributed by atoms with Gasteiger partial charge in [-0.1, -0.05) is 42.5 Å². The van der Waals surface area contributed by atoms with Crippen molar-refractivity contribution < 1.29 is 4.79 Å². The summed E-state index contributed by atoms with van der Waals surface area (Å²) in [5.74, 6) is -0.206. The summed E-state index contributed by atoms with van der Waals surface area (Å²) in [4.78, 5) is 30.2. The number of hydrogen-bond donors (Lipinski definition) is 1. The van der Waals surface area contributed by atoms with E-state index in [-0.39, 0.29) is 24.6 Å². The summed E-state index contributed by atoms with van der Waals surface area (Å²) >= 11 is 4.92. The highest BCUT2D eigenvalue weighted by atomic mass is 79.9. The minimum Gasteiger partial charge on any atom is -0.350 e. The van der Waals surface area contributed by atoms with Gasteiger partial charge in [-0.15, -0.1) is 11.3 Å². The molecule has 2 aromatic carbocycles. The van der Waals surface area contributed by atoms with Gasteiger partial charge in [0, 0.05) is 22.6 Å². The van der Waals surface area contributed by atoms with Crippen LogP contribution in [0.25, 0.3) is 21.1 Å². The average Bonchev–Trinajstić information content (AvgIpc) is 3.17. The number of aromatic nitrogens is 3. The Morgan fingerprint density at radius 2 is 1.81 bits per heavy atom. The van der Waals surface area contributed by atoms with Crippen molar-refractivity contribution in [2.24, 2.45) is 0 Å². The Kier molecular flexibility index (Phi) is 6.39. The predicted molar refractivity (Wildman–Crippen MR) is 126 cm³/mol. The zero-order valence-corrected chi connectivity index (χ0v) is 19.1. The predicted octanol–water partition coefficient (Wildman–Crippen LogP) is 4.53. The Balaban J connectivity index is 1.50. The zero-order valence-electron chi connectivity index (χ0n) is 16.7. The van der Waals surface area contributed by atoms with Gasteiger partial charge in [0.2, 0.25) is 0 Å². The molecule has 4 aromatic rings. The van der Waals surface area contributed by atoms with Crippen LogP contribution in [0.5, 0.6) is 0 Å². The van der Waals surface area contributed by atoms with Crippen LogP contribution in [0, 0.1) is 6.92 Å². The van der Waals surface area contributed by atoms with E-state index in [1.807, 2.05) is 49.4 Å². The number of hydrogen-bond acceptors (Lipinski definition) is 5. The van der Waals surface area contributed by atoms with Crippen molar-refractivity contribution in [3.8, 4) is 21.1 Å². The second kappa shape index (κ2) is 9.36. The van der Waals surface area contributed by atoms with Crippen LogP contribution in [0.4, 0.5) is 0 Å². The SMILES string of the molecule is Cc1nc(-c2ccccc2)sc1-c1ccc(=O)n(CCNC(=O)c2ccccc2Br)n1. The molecule has 0 saturated carbocycles. The maximum absolute atomic E-state index is 12.4. The van der Waals surface area contributed by atoms with Crippen LogP contribution in [0.2, 0.25) is 0 Å². The summed E-state index contributed by atoms with van der Waals surface area (Å²) in [6.45, 7) is 2.49. The smallest absolute Gasteiger partial charge is 0.266 e. The lowest BCUT2D eigenvalue weighted by molar-refractivity contribution is 0.0951. The lowest BCUT2D eigenvalue weighted by atomic mass is 10.2. The molecule has 0 unspecified atom stereocenters. The van der Waals surface area contributed by atoms with E-state index in [0.29, 0.717) is 11.3 Å². The molecule has 2 aromatic heterocycles. The molecule has 0 radical (unpaired) electrons. The summed E-state index contributed by atoms with van der Waals surface area (Å²) in [5, 5.41) is 8.26. The Morgan fingerprint density at radius 3 is 2.58 bits per heavy atom. The molecule has 0 saturated heterocycles. The van der Waals surface area contributed by atoms with Crippen LogP contribution in [-0.4, -0.2) is 27.2 Å². The molecule has 4 rings (SSSR count). The minimum atomic E-state index is -0.218. The molecule has 0 atom stereocenters. The number of halogens is 1. The molecule has 6 nitrogen and oxygen atoms in total. The van der Waals surface area contributed by atoms with Gasteiger partial charge in [-0.2, -0.15) is 5.10 Å². The summed E-state index contributed by atoms with van der Waals surface area (Å²) < 4.78 is 2.09. The second-order valence-electron chi connectivity index (χ2n) is 6.82. The highest BCUT2D eigenvalue weighted by Crippen LogP contribution is 2.33. The Bertz CT molecular complexity index is 1280. The Morgan fingerprint density at radius 1 is 1.06 bits per heavy atom. The van der Waals surface area contributed by atoms with E-state index in [9.17, 15) is 9.59 Å². The number of rotatable bonds is 6. The molecule has 0 aliphatic rings. The summed E-state index contributed by atoms with van der Waals surface area (Å²) in [7, 11) is 0. The van der Waals surface area contributed by atoms with E-state index in [4.69, 9.17) is 0 Å². The molecule has 156 valence electrons. The van der Waals surface area contributed by atoms with Gasteiger partial charge in [-0.25, -0.2) is 9.67 Å². The van der Waals surface area contributed by atoms with Crippen LogP contribution in [0.1, 0.15) is 16.1 Å². The number of carbonyl (C=O) groups is 1. The molecule has 1 N–H and O–H groups in total. The van der Waals surface area contributed by atoms with Crippen LogP contribution in [0.15, 0.2) is 76.0 Å². The van der Waals surface area contributed by atoms with Gasteiger partial charge < -0.3 is 5.32 Å². The third-order valence-electron chi connectivity index (χ3n) is 4.64. The van der Waals surface area contributed by atoms with E-state index in [2.05, 4.69) is 31.3 Å². The number of nitrogens with one attached hydrogen (secondary N) is 1. The number of thiazole rings is 1. The molecule has 0 fully saturated rings. The highest BCUT2D eigenvalue weighted by Gasteiger charge is 2.14. The maximum Gasteiger partial charge on any atom is 0.266 e. The van der Waals surface area contributed by atoms with Crippen molar-refractivity contribution >= 4 is 33.2 Å². The lowest BCUT2D eigenvalue weighted by Crippen LogP contribution is -2.32. The van der Waals surface area contributed by atoms with Gasteiger partial charge >= 0.3 is 0 Å². The molecular weight excluding hydrogens is 476 g/mol. The standard InChI is InChI=1S/C23H19BrN4O2S/c1-15-21(31-23(26-15)16-7-3-2-4-8-16)19-11-12-20(29)28(27-19)14-13-25-22(30)17-9-5-6-10-18(17)24/h2-12H,13-14H2,1H3,(H,25,30). The first-order chi connectivity index (χ1) is 15.0. The number of carbonyl (C=O) groups excluding carboxylic acids is 1. The molecule has 1 amide bonds. The molecular formula is C23H19BrN4O2S. The van der Waals surface area contributed by atoms with Crippen LogP contribution in [0.3, 0.4) is 0 Å². The summed E-state index contributed by atoms with van der Waals surface area (Å²) in [5.41, 5.74) is 2.93. The van der Waals surface area contributed by atoms with Crippen molar-refractivity contribution in [2.75, 3.05) is 6.54 Å². The van der Waals surface area contributed by atoms with Gasteiger partial charge in [0.25, 0.3) is 11.5 Å². The fourth-order valence-electron chi connectivity index (χ4n) is 3.08. The molecule has 0 aliphatic carbocycles. The van der Waals surface area contributed by atoms with E-state index in [1.165, 1.54) is 10.7 Å². The third kappa shape index (κ3) is 4.81. The third-order valence-corrected chi connectivity index (χ3v) is 6.56. The molecule has 0 bridgehead atoms. The van der Waals surface area contributed by atoms with Gasteiger partial charge in [-0.05, 0) is 41.1 Å². The first-order valence-corrected chi connectivity index (χ1v) is 11.3. The maximum atomic E-state index is 12.4.